The SMILES string of the molecule is [2H]C([2H])([2H])c1c[c-]c(-c2cc(C)c(C([2H])([2H])C(C)(C)C)cn2)cc1.[2H]C([2H])([2H])c1cnc(-c2[c-]ccc3c2oc2c3ccc3c4ccccc4ccc32)cc1C([2H])([2H])C(C)(C)C.[Ir]. The molecular formula is C49H48IrN2O-2. The fourth-order valence-electron chi connectivity index (χ4n) is 6.40. The molecule has 0 atom stereocenters. The molecule has 0 N–H and O–H groups in total. The predicted molar refractivity (Wildman–Crippen MR) is 220 cm³/mol. The van der Waals surface area contributed by atoms with Crippen LogP contribution in [-0.2, 0) is 32.9 Å². The first-order chi connectivity index (χ1) is 28.7. The van der Waals surface area contributed by atoms with Crippen LogP contribution in [0.5, 0.6) is 0 Å². The van der Waals surface area contributed by atoms with E-state index in [4.69, 9.17) is 18.1 Å². The minimum Gasteiger partial charge on any atom is -0.500 e. The van der Waals surface area contributed by atoms with E-state index in [1.807, 2.05) is 52.0 Å². The van der Waals surface area contributed by atoms with Crippen molar-refractivity contribution >= 4 is 43.5 Å². The van der Waals surface area contributed by atoms with E-state index in [0.29, 0.717) is 33.7 Å². The molecule has 0 aliphatic carbocycles. The molecule has 0 unspecified atom stereocenters. The summed E-state index contributed by atoms with van der Waals surface area (Å²) in [5, 5.41) is 6.26. The second kappa shape index (κ2) is 15.0. The van der Waals surface area contributed by atoms with E-state index in [1.54, 1.807) is 51.2 Å². The summed E-state index contributed by atoms with van der Waals surface area (Å²) in [4.78, 5) is 8.85. The van der Waals surface area contributed by atoms with Crippen molar-refractivity contribution < 1.29 is 38.2 Å². The van der Waals surface area contributed by atoms with Crippen LogP contribution in [0.25, 0.3) is 66.0 Å². The van der Waals surface area contributed by atoms with E-state index >= 15 is 0 Å². The Morgan fingerprint density at radius 2 is 1.36 bits per heavy atom. The maximum Gasteiger partial charge on any atom is 0.128 e. The van der Waals surface area contributed by atoms with Crippen LogP contribution in [0.3, 0.4) is 0 Å². The Bertz CT molecular complexity index is 2980. The third-order valence-electron chi connectivity index (χ3n) is 8.70. The van der Waals surface area contributed by atoms with Crippen LogP contribution < -0.4 is 0 Å². The third-order valence-corrected chi connectivity index (χ3v) is 8.70. The summed E-state index contributed by atoms with van der Waals surface area (Å²) in [6.07, 6.45) is -0.579. The number of hydrogen-bond donors (Lipinski definition) is 0. The van der Waals surface area contributed by atoms with Crippen molar-refractivity contribution in [2.45, 2.75) is 74.9 Å². The van der Waals surface area contributed by atoms with Gasteiger partial charge >= 0.3 is 0 Å². The Labute approximate surface area is 342 Å². The molecule has 8 rings (SSSR count). The van der Waals surface area contributed by atoms with Gasteiger partial charge < -0.3 is 14.4 Å². The number of pyridine rings is 2. The van der Waals surface area contributed by atoms with E-state index < -0.39 is 37.3 Å². The number of aryl methyl sites for hydroxylation is 3. The van der Waals surface area contributed by atoms with Gasteiger partial charge in [0.05, 0.1) is 5.58 Å². The number of aromatic nitrogens is 2. The number of fused-ring (bicyclic) bond motifs is 7. The minimum absolute atomic E-state index is 0. The van der Waals surface area contributed by atoms with Gasteiger partial charge in [0, 0.05) is 57.0 Å². The van der Waals surface area contributed by atoms with Crippen molar-refractivity contribution in [1.82, 2.24) is 9.97 Å². The zero-order chi connectivity index (χ0) is 45.4. The molecule has 3 heterocycles. The number of benzene rings is 5. The second-order valence-electron chi connectivity index (χ2n) is 15.3. The third kappa shape index (κ3) is 8.30. The van der Waals surface area contributed by atoms with Gasteiger partial charge in [0.25, 0.3) is 0 Å². The fraction of sp³-hybridized carbons (Fsp3) is 0.265. The Hall–Kier alpha value is -4.63. The van der Waals surface area contributed by atoms with Crippen molar-refractivity contribution in [1.29, 1.82) is 0 Å². The number of hydrogen-bond acceptors (Lipinski definition) is 3. The van der Waals surface area contributed by atoms with E-state index in [9.17, 15) is 0 Å². The second-order valence-corrected chi connectivity index (χ2v) is 15.3. The summed E-state index contributed by atoms with van der Waals surface area (Å²) in [7, 11) is 0. The van der Waals surface area contributed by atoms with Crippen LogP contribution in [0.2, 0.25) is 0 Å². The van der Waals surface area contributed by atoms with Gasteiger partial charge in [-0.05, 0) is 76.0 Å². The smallest absolute Gasteiger partial charge is 0.128 e. The van der Waals surface area contributed by atoms with Crippen LogP contribution in [0.15, 0.2) is 108 Å². The molecule has 3 aromatic heterocycles. The van der Waals surface area contributed by atoms with Gasteiger partial charge in [0.2, 0.25) is 0 Å². The monoisotopic (exact) mass is 883 g/mol. The summed E-state index contributed by atoms with van der Waals surface area (Å²) < 4.78 is 87.2. The molecule has 0 aliphatic rings. The largest absolute Gasteiger partial charge is 0.500 e. The van der Waals surface area contributed by atoms with Gasteiger partial charge in [-0.2, -0.15) is 0 Å². The van der Waals surface area contributed by atoms with E-state index in [2.05, 4.69) is 58.5 Å². The average molecular weight is 883 g/mol. The summed E-state index contributed by atoms with van der Waals surface area (Å²) in [5.41, 5.74) is 3.91. The quantitative estimate of drug-likeness (QED) is 0.131. The minimum atomic E-state index is -2.50. The molecule has 0 spiro atoms. The van der Waals surface area contributed by atoms with Crippen LogP contribution in [0.4, 0.5) is 0 Å². The van der Waals surface area contributed by atoms with Gasteiger partial charge in [-0.25, -0.2) is 0 Å². The fourth-order valence-corrected chi connectivity index (χ4v) is 6.40. The number of nitrogens with zero attached hydrogens (tertiary/aromatic N) is 2. The van der Waals surface area contributed by atoms with Crippen LogP contribution in [-0.4, -0.2) is 9.97 Å². The van der Waals surface area contributed by atoms with E-state index in [1.165, 1.54) is 12.3 Å². The Morgan fingerprint density at radius 3 is 2.08 bits per heavy atom. The topological polar surface area (TPSA) is 38.9 Å². The molecule has 271 valence electrons. The van der Waals surface area contributed by atoms with Gasteiger partial charge in [0.15, 0.2) is 0 Å². The first kappa shape index (κ1) is 27.0. The molecule has 0 amide bonds. The number of rotatable bonds is 4. The van der Waals surface area contributed by atoms with Crippen molar-refractivity contribution in [3.8, 4) is 22.5 Å². The summed E-state index contributed by atoms with van der Waals surface area (Å²) in [6.45, 7) is 8.08. The molecule has 4 heteroatoms. The first-order valence-electron chi connectivity index (χ1n) is 22.4. The zero-order valence-electron chi connectivity index (χ0n) is 41.0. The molecule has 1 radical (unpaired) electrons. The molecule has 0 saturated carbocycles. The average Bonchev–Trinajstić information content (AvgIpc) is 3.59. The van der Waals surface area contributed by atoms with Gasteiger partial charge in [0.1, 0.15) is 5.58 Å². The van der Waals surface area contributed by atoms with Crippen molar-refractivity contribution in [2.75, 3.05) is 0 Å². The van der Waals surface area contributed by atoms with E-state index in [0.717, 1.165) is 43.5 Å². The summed E-state index contributed by atoms with van der Waals surface area (Å²) in [6, 6.07) is 34.6. The maximum atomic E-state index is 8.86. The molecular weight excluding hydrogens is 825 g/mol. The predicted octanol–water partition coefficient (Wildman–Crippen LogP) is 13.4. The molecule has 0 saturated heterocycles. The van der Waals surface area contributed by atoms with Crippen molar-refractivity contribution in [3.63, 3.8) is 0 Å². The van der Waals surface area contributed by atoms with Crippen LogP contribution in [0, 0.1) is 43.6 Å². The summed E-state index contributed by atoms with van der Waals surface area (Å²) >= 11 is 0. The van der Waals surface area contributed by atoms with Gasteiger partial charge in [-0.15, -0.1) is 53.6 Å². The van der Waals surface area contributed by atoms with Crippen LogP contribution >= 0.6 is 0 Å². The van der Waals surface area contributed by atoms with Crippen LogP contribution in [0.1, 0.15) is 83.1 Å². The molecule has 3 nitrogen and oxygen atoms in total. The molecule has 5 aromatic carbocycles. The van der Waals surface area contributed by atoms with Gasteiger partial charge in [-0.3, -0.25) is 0 Å². The zero-order valence-corrected chi connectivity index (χ0v) is 33.3. The summed E-state index contributed by atoms with van der Waals surface area (Å²) in [5.74, 6) is 0. The molecule has 8 aromatic rings. The van der Waals surface area contributed by atoms with Crippen molar-refractivity contribution in [3.05, 3.63) is 143 Å². The normalized spacial score (nSPS) is 15.7. The number of furan rings is 1. The van der Waals surface area contributed by atoms with E-state index in [-0.39, 0.29) is 36.8 Å². The first-order valence-corrected chi connectivity index (χ1v) is 17.4. The Kier molecular flexibility index (Phi) is 7.66. The molecule has 0 bridgehead atoms. The maximum absolute atomic E-state index is 8.86. The van der Waals surface area contributed by atoms with Gasteiger partial charge in [-0.1, -0.05) is 131 Å². The Morgan fingerprint density at radius 1 is 0.660 bits per heavy atom. The molecule has 53 heavy (non-hydrogen) atoms. The Balaban J connectivity index is 0.000000229. The molecule has 0 fully saturated rings. The standard InChI is InChI=1S/C31H26NO.C18H22N.Ir/c1-19-18-32-28(16-21(19)17-31(2,3)4)27-11-7-10-24-26-15-14-23-22-9-6-5-8-20(22)12-13-25(23)29(26)33-30(24)27;1-13-6-8-15(9-7-13)17-10-14(2)16(12-19-17)11-18(3,4)5;/h5-10,12-16,18H,17H2,1-4H3;6-8,10,12H,11H2,1-5H3;/q2*-1;/i1D3,17D2;1D3,11D2;. The van der Waals surface area contributed by atoms with Crippen molar-refractivity contribution in [2.24, 2.45) is 10.8 Å². The molecule has 0 aliphatic heterocycles.